The van der Waals surface area contributed by atoms with Crippen LogP contribution in [0.3, 0.4) is 0 Å². The third-order valence-electron chi connectivity index (χ3n) is 3.74. The van der Waals surface area contributed by atoms with Gasteiger partial charge in [-0.2, -0.15) is 0 Å². The molecule has 2 atom stereocenters. The maximum atomic E-state index is 12.8. The number of piperidine rings is 1. The topological polar surface area (TPSA) is 20.3 Å². The average Bonchev–Trinajstić information content (AvgIpc) is 2.38. The zero-order chi connectivity index (χ0) is 13.8. The van der Waals surface area contributed by atoms with Crippen molar-refractivity contribution in [3.05, 3.63) is 41.7 Å². The number of hydrogen-bond donors (Lipinski definition) is 0. The molecule has 0 aromatic heterocycles. The first-order valence-corrected chi connectivity index (χ1v) is 6.84. The third-order valence-corrected chi connectivity index (χ3v) is 3.74. The number of carbonyl (C=O) groups is 1. The van der Waals surface area contributed by atoms with Crippen molar-refractivity contribution >= 4 is 12.0 Å². The number of benzene rings is 1. The molecule has 3 heteroatoms. The highest BCUT2D eigenvalue weighted by molar-refractivity contribution is 5.92. The Kier molecular flexibility index (Phi) is 4.35. The highest BCUT2D eigenvalue weighted by Crippen LogP contribution is 2.22. The highest BCUT2D eigenvalue weighted by atomic mass is 19.1. The van der Waals surface area contributed by atoms with Crippen molar-refractivity contribution in [2.75, 3.05) is 0 Å². The molecule has 1 amide bonds. The molecule has 0 unspecified atom stereocenters. The van der Waals surface area contributed by atoms with E-state index >= 15 is 0 Å². The van der Waals surface area contributed by atoms with Gasteiger partial charge >= 0.3 is 0 Å². The molecule has 0 radical (unpaired) electrons. The number of rotatable bonds is 2. The summed E-state index contributed by atoms with van der Waals surface area (Å²) in [5.74, 6) is -0.217. The van der Waals surface area contributed by atoms with E-state index in [2.05, 4.69) is 13.8 Å². The van der Waals surface area contributed by atoms with Gasteiger partial charge in [-0.05, 0) is 56.9 Å². The molecule has 1 saturated heterocycles. The van der Waals surface area contributed by atoms with Crippen LogP contribution in [0.2, 0.25) is 0 Å². The number of likely N-dealkylation sites (tertiary alicyclic amines) is 1. The van der Waals surface area contributed by atoms with Crippen molar-refractivity contribution in [3.8, 4) is 0 Å². The molecular formula is C16H20FNO. The van der Waals surface area contributed by atoms with Crippen molar-refractivity contribution < 1.29 is 9.18 Å². The molecular weight excluding hydrogens is 241 g/mol. The minimum Gasteiger partial charge on any atom is -0.334 e. The Morgan fingerprint density at radius 3 is 2.37 bits per heavy atom. The van der Waals surface area contributed by atoms with E-state index in [9.17, 15) is 9.18 Å². The van der Waals surface area contributed by atoms with Gasteiger partial charge in [0.2, 0.25) is 5.91 Å². The van der Waals surface area contributed by atoms with Crippen molar-refractivity contribution in [1.82, 2.24) is 4.90 Å². The molecule has 2 nitrogen and oxygen atoms in total. The Balaban J connectivity index is 2.05. The van der Waals surface area contributed by atoms with Crippen LogP contribution < -0.4 is 0 Å². The van der Waals surface area contributed by atoms with Crippen molar-refractivity contribution in [3.63, 3.8) is 0 Å². The maximum Gasteiger partial charge on any atom is 0.247 e. The van der Waals surface area contributed by atoms with Gasteiger partial charge in [-0.25, -0.2) is 4.39 Å². The van der Waals surface area contributed by atoms with Crippen molar-refractivity contribution in [2.45, 2.75) is 45.2 Å². The van der Waals surface area contributed by atoms with E-state index in [0.717, 1.165) is 18.4 Å². The van der Waals surface area contributed by atoms with Gasteiger partial charge in [-0.1, -0.05) is 12.1 Å². The van der Waals surface area contributed by atoms with Crippen LogP contribution in [0, 0.1) is 5.82 Å². The number of amides is 1. The van der Waals surface area contributed by atoms with Gasteiger partial charge in [-0.15, -0.1) is 0 Å². The Morgan fingerprint density at radius 2 is 1.79 bits per heavy atom. The summed E-state index contributed by atoms with van der Waals surface area (Å²) in [6.07, 6.45) is 6.66. The molecule has 2 rings (SSSR count). The molecule has 0 aliphatic carbocycles. The predicted octanol–water partition coefficient (Wildman–Crippen LogP) is 3.63. The lowest BCUT2D eigenvalue weighted by Gasteiger charge is -2.38. The van der Waals surface area contributed by atoms with Gasteiger partial charge in [-0.3, -0.25) is 4.79 Å². The fourth-order valence-corrected chi connectivity index (χ4v) is 2.68. The van der Waals surface area contributed by atoms with Gasteiger partial charge < -0.3 is 4.90 Å². The molecule has 1 aromatic rings. The van der Waals surface area contributed by atoms with Gasteiger partial charge in [0.25, 0.3) is 0 Å². The van der Waals surface area contributed by atoms with Crippen molar-refractivity contribution in [1.29, 1.82) is 0 Å². The van der Waals surface area contributed by atoms with Crippen LogP contribution in [0.1, 0.15) is 38.7 Å². The van der Waals surface area contributed by atoms with Crippen LogP contribution in [0.5, 0.6) is 0 Å². The van der Waals surface area contributed by atoms with E-state index in [0.29, 0.717) is 12.1 Å². The van der Waals surface area contributed by atoms with Crippen LogP contribution in [0.15, 0.2) is 30.3 Å². The number of carbonyl (C=O) groups excluding carboxylic acids is 1. The molecule has 0 N–H and O–H groups in total. The summed E-state index contributed by atoms with van der Waals surface area (Å²) >= 11 is 0. The summed E-state index contributed by atoms with van der Waals surface area (Å²) in [7, 11) is 0. The van der Waals surface area contributed by atoms with E-state index in [1.165, 1.54) is 18.6 Å². The minimum atomic E-state index is -0.262. The average molecular weight is 261 g/mol. The van der Waals surface area contributed by atoms with Gasteiger partial charge in [0.05, 0.1) is 0 Å². The normalized spacial score (nSPS) is 23.8. The lowest BCUT2D eigenvalue weighted by molar-refractivity contribution is -0.131. The monoisotopic (exact) mass is 261 g/mol. The summed E-state index contributed by atoms with van der Waals surface area (Å²) in [6, 6.07) is 6.74. The fraction of sp³-hybridized carbons (Fsp3) is 0.438. The standard InChI is InChI=1S/C16H20FNO/c1-12-4-3-5-13(2)18(12)16(19)11-8-14-6-9-15(17)10-7-14/h6-13H,3-5H2,1-2H3/b11-8+/t12-,13+. The Labute approximate surface area is 113 Å². The SMILES string of the molecule is C[C@@H]1CCC[C@H](C)N1C(=O)/C=C/c1ccc(F)cc1. The van der Waals surface area contributed by atoms with Crippen LogP contribution in [0.25, 0.3) is 6.08 Å². The molecule has 0 spiro atoms. The summed E-state index contributed by atoms with van der Waals surface area (Å²) in [5.41, 5.74) is 0.840. The van der Waals surface area contributed by atoms with Gasteiger partial charge in [0.15, 0.2) is 0 Å². The fourth-order valence-electron chi connectivity index (χ4n) is 2.68. The van der Waals surface area contributed by atoms with Crippen LogP contribution >= 0.6 is 0 Å². The van der Waals surface area contributed by atoms with E-state index in [4.69, 9.17) is 0 Å². The zero-order valence-electron chi connectivity index (χ0n) is 11.5. The summed E-state index contributed by atoms with van der Waals surface area (Å²) in [4.78, 5) is 14.2. The smallest absolute Gasteiger partial charge is 0.247 e. The Morgan fingerprint density at radius 1 is 1.21 bits per heavy atom. The number of nitrogens with zero attached hydrogens (tertiary/aromatic N) is 1. The molecule has 0 saturated carbocycles. The first-order chi connectivity index (χ1) is 9.08. The molecule has 1 fully saturated rings. The lowest BCUT2D eigenvalue weighted by Crippen LogP contribution is -2.46. The minimum absolute atomic E-state index is 0.0454. The van der Waals surface area contributed by atoms with Crippen LogP contribution in [0.4, 0.5) is 4.39 Å². The second-order valence-electron chi connectivity index (χ2n) is 5.26. The quantitative estimate of drug-likeness (QED) is 0.744. The number of halogens is 1. The summed E-state index contributed by atoms with van der Waals surface area (Å²) < 4.78 is 12.8. The van der Waals surface area contributed by atoms with E-state index in [1.807, 2.05) is 4.90 Å². The number of hydrogen-bond acceptors (Lipinski definition) is 1. The second-order valence-corrected chi connectivity index (χ2v) is 5.26. The molecule has 102 valence electrons. The van der Waals surface area contributed by atoms with Crippen LogP contribution in [-0.4, -0.2) is 22.9 Å². The first-order valence-electron chi connectivity index (χ1n) is 6.84. The third kappa shape index (κ3) is 3.43. The van der Waals surface area contributed by atoms with E-state index < -0.39 is 0 Å². The van der Waals surface area contributed by atoms with Crippen molar-refractivity contribution in [2.24, 2.45) is 0 Å². The molecule has 0 bridgehead atoms. The molecule has 19 heavy (non-hydrogen) atoms. The van der Waals surface area contributed by atoms with Crippen LogP contribution in [-0.2, 0) is 4.79 Å². The Bertz CT molecular complexity index is 456. The van der Waals surface area contributed by atoms with Gasteiger partial charge in [0.1, 0.15) is 5.82 Å². The maximum absolute atomic E-state index is 12.8. The summed E-state index contributed by atoms with van der Waals surface area (Å²) in [6.45, 7) is 4.19. The lowest BCUT2D eigenvalue weighted by atomic mass is 9.97. The molecule has 1 aromatic carbocycles. The molecule has 1 heterocycles. The largest absolute Gasteiger partial charge is 0.334 e. The van der Waals surface area contributed by atoms with E-state index in [1.54, 1.807) is 24.3 Å². The van der Waals surface area contributed by atoms with E-state index in [-0.39, 0.29) is 11.7 Å². The first kappa shape index (κ1) is 13.8. The molecule has 1 aliphatic heterocycles. The second kappa shape index (κ2) is 6.00. The van der Waals surface area contributed by atoms with Gasteiger partial charge in [0, 0.05) is 18.2 Å². The molecule has 1 aliphatic rings. The summed E-state index contributed by atoms with van der Waals surface area (Å²) in [5, 5.41) is 0. The zero-order valence-corrected chi connectivity index (χ0v) is 11.5. The highest BCUT2D eigenvalue weighted by Gasteiger charge is 2.27. The Hall–Kier alpha value is -1.64. The predicted molar refractivity (Wildman–Crippen MR) is 75.1 cm³/mol.